The van der Waals surface area contributed by atoms with Crippen molar-refractivity contribution in [1.82, 2.24) is 15.0 Å². The first-order valence-corrected chi connectivity index (χ1v) is 12.1. The van der Waals surface area contributed by atoms with Crippen molar-refractivity contribution >= 4 is 22.7 Å². The maximum Gasteiger partial charge on any atom is 0.311 e. The van der Waals surface area contributed by atoms with Crippen LogP contribution in [0.15, 0.2) is 71.5 Å². The van der Waals surface area contributed by atoms with Crippen molar-refractivity contribution in [3.63, 3.8) is 0 Å². The number of carbonyl (C=O) groups excluding carboxylic acids is 1. The van der Waals surface area contributed by atoms with Gasteiger partial charge in [0, 0.05) is 5.69 Å². The topological polar surface area (TPSA) is 130 Å². The van der Waals surface area contributed by atoms with Gasteiger partial charge in [-0.3, -0.25) is 4.79 Å². The molecule has 1 heterocycles. The molecular formula is C26H33N7O3. The van der Waals surface area contributed by atoms with E-state index in [0.717, 1.165) is 41.5 Å². The number of imidazole rings is 1. The van der Waals surface area contributed by atoms with Crippen molar-refractivity contribution in [2.24, 2.45) is 22.2 Å². The Morgan fingerprint density at radius 1 is 1.31 bits per heavy atom. The molecule has 3 atom stereocenters. The molecule has 0 bridgehead atoms. The van der Waals surface area contributed by atoms with E-state index in [1.165, 1.54) is 0 Å². The summed E-state index contributed by atoms with van der Waals surface area (Å²) in [5.74, 6) is 5.67. The molecule has 10 heteroatoms. The lowest BCUT2D eigenvalue weighted by Gasteiger charge is -2.39. The van der Waals surface area contributed by atoms with Crippen molar-refractivity contribution in [1.29, 1.82) is 0 Å². The number of nitrogens with zero attached hydrogens (tertiary/aromatic N) is 4. The zero-order valence-electron chi connectivity index (χ0n) is 20.7. The van der Waals surface area contributed by atoms with Crippen LogP contribution >= 0.6 is 0 Å². The molecule has 36 heavy (non-hydrogen) atoms. The van der Waals surface area contributed by atoms with Gasteiger partial charge in [0.25, 0.3) is 0 Å². The third kappa shape index (κ3) is 5.42. The fourth-order valence-corrected chi connectivity index (χ4v) is 4.82. The Balaban J connectivity index is 1.72. The number of anilines is 1. The molecule has 0 radical (unpaired) electrons. The number of fused-ring (bicyclic) bond motifs is 1. The Morgan fingerprint density at radius 3 is 2.92 bits per heavy atom. The van der Waals surface area contributed by atoms with Crippen LogP contribution in [0, 0.1) is 5.92 Å². The van der Waals surface area contributed by atoms with E-state index in [4.69, 9.17) is 15.3 Å². The Bertz CT molecular complexity index is 1220. The van der Waals surface area contributed by atoms with Gasteiger partial charge < -0.3 is 25.6 Å². The van der Waals surface area contributed by atoms with Crippen LogP contribution in [0.4, 0.5) is 5.69 Å². The Morgan fingerprint density at radius 2 is 2.14 bits per heavy atom. The van der Waals surface area contributed by atoms with Gasteiger partial charge in [-0.25, -0.2) is 9.99 Å². The fourth-order valence-electron chi connectivity index (χ4n) is 4.82. The van der Waals surface area contributed by atoms with Crippen molar-refractivity contribution in [2.45, 2.75) is 44.7 Å². The third-order valence-corrected chi connectivity index (χ3v) is 6.57. The molecule has 0 saturated heterocycles. The second-order valence-electron chi connectivity index (χ2n) is 8.74. The van der Waals surface area contributed by atoms with Gasteiger partial charge in [-0.15, -0.1) is 0 Å². The van der Waals surface area contributed by atoms with Crippen molar-refractivity contribution in [3.8, 4) is 5.75 Å². The van der Waals surface area contributed by atoms with Gasteiger partial charge >= 0.3 is 5.97 Å². The van der Waals surface area contributed by atoms with E-state index in [1.807, 2.05) is 49.4 Å². The summed E-state index contributed by atoms with van der Waals surface area (Å²) in [6, 6.07) is 12.9. The maximum atomic E-state index is 12.8. The van der Waals surface area contributed by atoms with Crippen LogP contribution in [0.25, 0.3) is 11.0 Å². The normalized spacial score (nSPS) is 18.6. The van der Waals surface area contributed by atoms with Crippen molar-refractivity contribution in [3.05, 3.63) is 66.6 Å². The summed E-state index contributed by atoms with van der Waals surface area (Å²) in [5.41, 5.74) is 4.13. The molecule has 4 N–H and O–H groups in total. The largest absolute Gasteiger partial charge is 0.497 e. The zero-order chi connectivity index (χ0) is 25.5. The van der Waals surface area contributed by atoms with Gasteiger partial charge in [0.05, 0.1) is 54.8 Å². The van der Waals surface area contributed by atoms with Gasteiger partial charge in [-0.1, -0.05) is 36.8 Å². The minimum atomic E-state index is -0.424. The summed E-state index contributed by atoms with van der Waals surface area (Å²) in [6.45, 7) is 6.54. The van der Waals surface area contributed by atoms with Crippen LogP contribution < -0.4 is 15.9 Å². The summed E-state index contributed by atoms with van der Waals surface area (Å²) in [5, 5.41) is 13.1. The van der Waals surface area contributed by atoms with Gasteiger partial charge in [-0.05, 0) is 60.9 Å². The van der Waals surface area contributed by atoms with Crippen LogP contribution in [0.2, 0.25) is 0 Å². The summed E-state index contributed by atoms with van der Waals surface area (Å²) in [6.07, 6.45) is 5.01. The smallest absolute Gasteiger partial charge is 0.311 e. The van der Waals surface area contributed by atoms with E-state index in [2.05, 4.69) is 32.3 Å². The second kappa shape index (κ2) is 11.6. The summed E-state index contributed by atoms with van der Waals surface area (Å²) >= 11 is 0. The fraction of sp³-hybridized carbons (Fsp3) is 0.385. The van der Waals surface area contributed by atoms with Crippen LogP contribution in [0.5, 0.6) is 5.75 Å². The first-order valence-electron chi connectivity index (χ1n) is 12.1. The van der Waals surface area contributed by atoms with E-state index in [-0.39, 0.29) is 17.9 Å². The predicted octanol–water partition coefficient (Wildman–Crippen LogP) is 4.90. The number of nitrogens with one attached hydrogen (secondary N) is 2. The lowest BCUT2D eigenvalue weighted by molar-refractivity contribution is -0.151. The molecular weight excluding hydrogens is 458 g/mol. The Kier molecular flexibility index (Phi) is 8.04. The van der Waals surface area contributed by atoms with E-state index >= 15 is 0 Å². The molecule has 1 aliphatic rings. The minimum Gasteiger partial charge on any atom is -0.497 e. The Hall–Kier alpha value is -4.08. The first-order chi connectivity index (χ1) is 17.5. The molecule has 3 aromatic rings. The second-order valence-corrected chi connectivity index (χ2v) is 8.74. The van der Waals surface area contributed by atoms with Crippen LogP contribution in [0.3, 0.4) is 0 Å². The zero-order valence-corrected chi connectivity index (χ0v) is 20.7. The molecule has 1 fully saturated rings. The van der Waals surface area contributed by atoms with Crippen LogP contribution in [0.1, 0.15) is 44.2 Å². The third-order valence-electron chi connectivity index (χ3n) is 6.57. The first kappa shape index (κ1) is 25.0. The SMILES string of the molecule is C=C(C(Nc1ccc2[nH]cnc2c1)c1cccc(OC)c1)N(/N=N\N)C1CCCCC1C(=O)OCC. The lowest BCUT2D eigenvalue weighted by atomic mass is 9.83. The number of nitrogens with two attached hydrogens (primary N) is 1. The number of H-pyrrole nitrogens is 1. The average Bonchev–Trinajstić information content (AvgIpc) is 3.38. The van der Waals surface area contributed by atoms with Gasteiger partial charge in [0.2, 0.25) is 0 Å². The van der Waals surface area contributed by atoms with E-state index in [0.29, 0.717) is 24.5 Å². The number of carbonyl (C=O) groups is 1. The van der Waals surface area contributed by atoms with Crippen LogP contribution in [-0.2, 0) is 9.53 Å². The number of esters is 1. The monoisotopic (exact) mass is 491 g/mol. The number of hydrogen-bond donors (Lipinski definition) is 3. The Labute approximate surface area is 210 Å². The highest BCUT2D eigenvalue weighted by Gasteiger charge is 2.38. The van der Waals surface area contributed by atoms with Gasteiger partial charge in [-0.2, -0.15) is 0 Å². The van der Waals surface area contributed by atoms with Crippen LogP contribution in [-0.4, -0.2) is 40.7 Å². The molecule has 1 saturated carbocycles. The number of hydrogen-bond acceptors (Lipinski definition) is 7. The molecule has 4 rings (SSSR count). The highest BCUT2D eigenvalue weighted by Crippen LogP contribution is 2.37. The number of benzene rings is 2. The quantitative estimate of drug-likeness (QED) is 0.159. The highest BCUT2D eigenvalue weighted by atomic mass is 16.5. The number of aromatic nitrogens is 2. The number of methoxy groups -OCH3 is 1. The standard InChI is InChI=1S/C26H33N7O3/c1-4-36-26(34)21-10-5-6-11-24(21)33(32-31-27)17(2)25(18-8-7-9-20(14-18)35-3)30-19-12-13-22-23(15-19)29-16-28-22/h7-9,12-16,21,24-25,30H,2,4-6,10-11H2,1,3H3,(H2,27,32)(H,28,29). The average molecular weight is 492 g/mol. The van der Waals surface area contributed by atoms with Crippen molar-refractivity contribution < 1.29 is 14.3 Å². The minimum absolute atomic E-state index is 0.234. The summed E-state index contributed by atoms with van der Waals surface area (Å²) in [4.78, 5) is 20.3. The molecule has 190 valence electrons. The van der Waals surface area contributed by atoms with E-state index in [1.54, 1.807) is 18.4 Å². The molecule has 1 aromatic heterocycles. The maximum absolute atomic E-state index is 12.8. The number of aromatic amines is 1. The van der Waals surface area contributed by atoms with Crippen molar-refractivity contribution in [2.75, 3.05) is 19.0 Å². The molecule has 0 amide bonds. The predicted molar refractivity (Wildman–Crippen MR) is 138 cm³/mol. The van der Waals surface area contributed by atoms with Gasteiger partial charge in [0.15, 0.2) is 0 Å². The molecule has 10 nitrogen and oxygen atoms in total. The van der Waals surface area contributed by atoms with Gasteiger partial charge in [0.1, 0.15) is 5.75 Å². The molecule has 0 aliphatic heterocycles. The van der Waals surface area contributed by atoms with E-state index in [9.17, 15) is 4.79 Å². The molecule has 3 unspecified atom stereocenters. The molecule has 1 aliphatic carbocycles. The number of ether oxygens (including phenoxy) is 2. The molecule has 0 spiro atoms. The summed E-state index contributed by atoms with van der Waals surface area (Å²) < 4.78 is 10.9. The van der Waals surface area contributed by atoms with E-state index < -0.39 is 6.04 Å². The summed E-state index contributed by atoms with van der Waals surface area (Å²) in [7, 11) is 1.63. The number of rotatable bonds is 10. The highest BCUT2D eigenvalue weighted by molar-refractivity contribution is 5.79. The lowest BCUT2D eigenvalue weighted by Crippen LogP contribution is -2.44. The molecule has 2 aromatic carbocycles.